The molecule has 0 fully saturated rings. The van der Waals surface area contributed by atoms with Crippen LogP contribution in [0.25, 0.3) is 0 Å². The van der Waals surface area contributed by atoms with Gasteiger partial charge in [-0.3, -0.25) is 4.68 Å². The summed E-state index contributed by atoms with van der Waals surface area (Å²) in [6.07, 6.45) is 0. The Bertz CT molecular complexity index is 779. The third-order valence-electron chi connectivity index (χ3n) is 4.46. The van der Waals surface area contributed by atoms with E-state index in [1.54, 1.807) is 0 Å². The lowest BCUT2D eigenvalue weighted by molar-refractivity contribution is 0.253. The van der Waals surface area contributed by atoms with E-state index in [0.29, 0.717) is 24.3 Å². The molecule has 1 heterocycles. The fourth-order valence-corrected chi connectivity index (χ4v) is 2.99. The van der Waals surface area contributed by atoms with Gasteiger partial charge in [0.2, 0.25) is 5.88 Å². The number of hydrogen-bond donors (Lipinski definition) is 0. The minimum Gasteiger partial charge on any atom is -0.476 e. The number of nitrogens with zero attached hydrogens (tertiary/aromatic N) is 3. The van der Waals surface area contributed by atoms with Crippen molar-refractivity contribution in [3.05, 3.63) is 46.6 Å². The van der Waals surface area contributed by atoms with Gasteiger partial charge in [-0.15, -0.1) is 5.10 Å². The molecule has 134 valence electrons. The zero-order valence-corrected chi connectivity index (χ0v) is 16.4. The highest BCUT2D eigenvalue weighted by molar-refractivity contribution is 5.44. The van der Waals surface area contributed by atoms with Gasteiger partial charge < -0.3 is 4.74 Å². The Morgan fingerprint density at radius 3 is 2.44 bits per heavy atom. The summed E-state index contributed by atoms with van der Waals surface area (Å²) in [7, 11) is 0. The number of hydrogen-bond acceptors (Lipinski definition) is 3. The molecule has 4 nitrogen and oxygen atoms in total. The third kappa shape index (κ3) is 4.04. The van der Waals surface area contributed by atoms with Crippen LogP contribution in [-0.2, 0) is 5.54 Å². The lowest BCUT2D eigenvalue weighted by atomic mass is 9.88. The van der Waals surface area contributed by atoms with Gasteiger partial charge in [0.1, 0.15) is 0 Å². The van der Waals surface area contributed by atoms with Crippen LogP contribution in [0.5, 0.6) is 5.88 Å². The molecule has 0 bridgehead atoms. The number of benzene rings is 1. The number of nitriles is 1. The van der Waals surface area contributed by atoms with E-state index in [1.165, 1.54) is 0 Å². The van der Waals surface area contributed by atoms with Gasteiger partial charge in [-0.25, -0.2) is 0 Å². The summed E-state index contributed by atoms with van der Waals surface area (Å²) in [6, 6.07) is 10.5. The lowest BCUT2D eigenvalue weighted by Crippen LogP contribution is -2.30. The van der Waals surface area contributed by atoms with Gasteiger partial charge in [0.05, 0.1) is 23.8 Å². The van der Waals surface area contributed by atoms with Crippen LogP contribution in [0.1, 0.15) is 69.8 Å². The molecular formula is C21H29N3O. The van der Waals surface area contributed by atoms with Crippen molar-refractivity contribution in [2.24, 2.45) is 5.92 Å². The summed E-state index contributed by atoms with van der Waals surface area (Å²) < 4.78 is 7.75. The molecule has 0 radical (unpaired) electrons. The molecule has 25 heavy (non-hydrogen) atoms. The average molecular weight is 339 g/mol. The van der Waals surface area contributed by atoms with Crippen molar-refractivity contribution in [1.29, 1.82) is 5.26 Å². The number of rotatable bonds is 6. The Kier molecular flexibility index (Phi) is 5.57. The first-order valence-electron chi connectivity index (χ1n) is 8.91. The smallest absolute Gasteiger partial charge is 0.233 e. The number of aryl methyl sites for hydroxylation is 1. The van der Waals surface area contributed by atoms with Crippen LogP contribution in [0.4, 0.5) is 0 Å². The van der Waals surface area contributed by atoms with Gasteiger partial charge in [0.25, 0.3) is 0 Å². The predicted molar refractivity (Wildman–Crippen MR) is 101 cm³/mol. The second-order valence-corrected chi connectivity index (χ2v) is 7.87. The van der Waals surface area contributed by atoms with Crippen LogP contribution in [0.15, 0.2) is 24.3 Å². The Labute approximate surface area is 151 Å². The van der Waals surface area contributed by atoms with Gasteiger partial charge >= 0.3 is 0 Å². The van der Waals surface area contributed by atoms with E-state index in [4.69, 9.17) is 4.74 Å². The first-order chi connectivity index (χ1) is 11.7. The largest absolute Gasteiger partial charge is 0.476 e. The van der Waals surface area contributed by atoms with Crippen molar-refractivity contribution in [3.8, 4) is 11.9 Å². The fraction of sp³-hybridized carbons (Fsp3) is 0.524. The zero-order chi connectivity index (χ0) is 18.8. The van der Waals surface area contributed by atoms with Crippen molar-refractivity contribution in [2.75, 3.05) is 6.61 Å². The molecule has 0 spiro atoms. The predicted octanol–water partition coefficient (Wildman–Crippen LogP) is 5.00. The normalized spacial score (nSPS) is 11.8. The minimum atomic E-state index is -0.370. The quantitative estimate of drug-likeness (QED) is 0.744. The maximum atomic E-state index is 9.52. The van der Waals surface area contributed by atoms with E-state index in [9.17, 15) is 5.26 Å². The molecule has 1 aromatic heterocycles. The summed E-state index contributed by atoms with van der Waals surface area (Å²) in [6.45, 7) is 15.4. The van der Waals surface area contributed by atoms with Crippen LogP contribution < -0.4 is 4.74 Å². The SMILES string of the molecule is Cc1cc(OCC(C)C)nn1C(C)(C)c1ccc(C(C)C)c(C#N)c1. The van der Waals surface area contributed by atoms with Gasteiger partial charge in [-0.2, -0.15) is 5.26 Å². The number of ether oxygens (including phenoxy) is 1. The molecule has 0 unspecified atom stereocenters. The Balaban J connectivity index is 2.40. The molecule has 0 aliphatic rings. The van der Waals surface area contributed by atoms with Gasteiger partial charge in [0.15, 0.2) is 0 Å². The highest BCUT2D eigenvalue weighted by Gasteiger charge is 2.27. The Hall–Kier alpha value is -2.28. The van der Waals surface area contributed by atoms with Gasteiger partial charge in [0, 0.05) is 11.8 Å². The Morgan fingerprint density at radius 1 is 1.20 bits per heavy atom. The summed E-state index contributed by atoms with van der Waals surface area (Å²) >= 11 is 0. The molecular weight excluding hydrogens is 310 g/mol. The molecule has 4 heteroatoms. The van der Waals surface area contributed by atoms with Crippen molar-refractivity contribution in [1.82, 2.24) is 9.78 Å². The van der Waals surface area contributed by atoms with E-state index in [-0.39, 0.29) is 5.54 Å². The lowest BCUT2D eigenvalue weighted by Gasteiger charge is -2.28. The van der Waals surface area contributed by atoms with Crippen molar-refractivity contribution >= 4 is 0 Å². The highest BCUT2D eigenvalue weighted by Crippen LogP contribution is 2.31. The summed E-state index contributed by atoms with van der Waals surface area (Å²) in [5.41, 5.74) is 3.55. The second kappa shape index (κ2) is 7.31. The Morgan fingerprint density at radius 2 is 1.88 bits per heavy atom. The van der Waals surface area contributed by atoms with E-state index in [2.05, 4.69) is 64.8 Å². The first kappa shape index (κ1) is 19.1. The molecule has 1 aromatic carbocycles. The average Bonchev–Trinajstić information content (AvgIpc) is 2.93. The van der Waals surface area contributed by atoms with Crippen molar-refractivity contribution in [2.45, 2.75) is 59.9 Å². The maximum Gasteiger partial charge on any atom is 0.233 e. The fourth-order valence-electron chi connectivity index (χ4n) is 2.99. The van der Waals surface area contributed by atoms with Crippen molar-refractivity contribution < 1.29 is 4.74 Å². The second-order valence-electron chi connectivity index (χ2n) is 7.87. The van der Waals surface area contributed by atoms with Crippen molar-refractivity contribution in [3.63, 3.8) is 0 Å². The van der Waals surface area contributed by atoms with E-state index >= 15 is 0 Å². The molecule has 0 N–H and O–H groups in total. The summed E-state index contributed by atoms with van der Waals surface area (Å²) in [4.78, 5) is 0. The summed E-state index contributed by atoms with van der Waals surface area (Å²) in [5.74, 6) is 1.44. The zero-order valence-electron chi connectivity index (χ0n) is 16.4. The van der Waals surface area contributed by atoms with Gasteiger partial charge in [-0.1, -0.05) is 39.8 Å². The molecule has 2 rings (SSSR count). The molecule has 0 saturated heterocycles. The molecule has 0 aliphatic heterocycles. The topological polar surface area (TPSA) is 50.8 Å². The molecule has 0 amide bonds. The monoisotopic (exact) mass is 339 g/mol. The van der Waals surface area contributed by atoms with Gasteiger partial charge in [-0.05, 0) is 49.8 Å². The molecule has 0 aliphatic carbocycles. The third-order valence-corrected chi connectivity index (χ3v) is 4.46. The molecule has 0 atom stereocenters. The minimum absolute atomic E-state index is 0.328. The van der Waals surface area contributed by atoms with Crippen LogP contribution in [0.2, 0.25) is 0 Å². The first-order valence-corrected chi connectivity index (χ1v) is 8.91. The van der Waals surface area contributed by atoms with Crippen LogP contribution >= 0.6 is 0 Å². The van der Waals surface area contributed by atoms with Crippen LogP contribution in [-0.4, -0.2) is 16.4 Å². The van der Waals surface area contributed by atoms with E-state index in [0.717, 1.165) is 22.4 Å². The van der Waals surface area contributed by atoms with E-state index < -0.39 is 0 Å². The van der Waals surface area contributed by atoms with Crippen LogP contribution in [0.3, 0.4) is 0 Å². The summed E-state index contributed by atoms with van der Waals surface area (Å²) in [5, 5.41) is 14.2. The number of aromatic nitrogens is 2. The highest BCUT2D eigenvalue weighted by atomic mass is 16.5. The standard InChI is InChI=1S/C21H29N3O/c1-14(2)13-25-20-10-16(5)24(23-20)21(6,7)18-8-9-19(15(3)4)17(11-18)12-22/h8-11,14-15H,13H2,1-7H3. The maximum absolute atomic E-state index is 9.52. The molecule has 0 saturated carbocycles. The van der Waals surface area contributed by atoms with Crippen LogP contribution in [0, 0.1) is 24.2 Å². The van der Waals surface area contributed by atoms with E-state index in [1.807, 2.05) is 23.7 Å². The molecule has 2 aromatic rings.